The van der Waals surface area contributed by atoms with Crippen molar-refractivity contribution in [2.24, 2.45) is 11.8 Å². The number of halogens is 3. The van der Waals surface area contributed by atoms with Gasteiger partial charge < -0.3 is 26.0 Å². The molecule has 6 aliphatic rings. The molecule has 8 heterocycles. The molecular formula is C57H59Br2ClN16O7S3. The highest BCUT2D eigenvalue weighted by Crippen LogP contribution is 2.48. The van der Waals surface area contributed by atoms with Gasteiger partial charge >= 0.3 is 5.97 Å². The molecule has 448 valence electrons. The number of amides is 3. The van der Waals surface area contributed by atoms with Crippen molar-refractivity contribution >= 4 is 149 Å². The number of ketones is 2. The van der Waals surface area contributed by atoms with Crippen molar-refractivity contribution in [3.05, 3.63) is 118 Å². The highest BCUT2D eigenvalue weighted by molar-refractivity contribution is 9.10. The number of likely N-dealkylation sites (tertiary alicyclic amines) is 1. The summed E-state index contributed by atoms with van der Waals surface area (Å²) in [5.74, 6) is 2.63. The predicted molar refractivity (Wildman–Crippen MR) is 340 cm³/mol. The lowest BCUT2D eigenvalue weighted by Crippen LogP contribution is -2.46. The largest absolute Gasteiger partial charge is 0.480 e. The summed E-state index contributed by atoms with van der Waals surface area (Å²) in [4.78, 5) is 110. The lowest BCUT2D eigenvalue weighted by atomic mass is 10.0. The van der Waals surface area contributed by atoms with Gasteiger partial charge in [-0.1, -0.05) is 19.6 Å². The van der Waals surface area contributed by atoms with Crippen molar-refractivity contribution < 1.29 is 33.9 Å². The standard InChI is InChI=1S/C28H25BrN8O3.C18H16N4O3.C10H11BrN4O.CH4.ClH.S2.H2S/c1-14(38)26-19-6-16(18-9-31-27(32-10-18)15-2-3-15)4-5-20(19)36(35-26)13-25(39)37-21-7-17(21)8-22(37)28(40)34-24-12-30-11-23(29)33-24;1-10(23)17-14-6-12(4-5-15(14)22(21-17)9-16(24)25)13-7-19-18(20-8-13)11-2-3-11;11-8-3-12-4-9(14-8)15-10(16)7-2-5-1-6(5)13-7;;;1-2;/h4-6,9-12,15,17,21-22H,2-3,7-8,13H2,1H3,(H,33,34,40);4-8,11H,2-3,9H2,1H3,(H,24,25);3-7,13H,1-2H2,(H,14,15,16);1H4;1H;;1H2/t17-,21-,22+;;5-,6-,7+;;;;/m1.1..../s1. The first-order chi connectivity index (χ1) is 40.1. The van der Waals surface area contributed by atoms with E-state index in [4.69, 9.17) is 5.11 Å². The number of carbonyl (C=O) groups is 6. The minimum Gasteiger partial charge on any atom is -0.480 e. The highest BCUT2D eigenvalue weighted by Gasteiger charge is 2.56. The number of carboxylic acids is 1. The molecule has 0 bridgehead atoms. The van der Waals surface area contributed by atoms with E-state index < -0.39 is 12.0 Å². The Morgan fingerprint density at radius 3 is 1.53 bits per heavy atom. The molecule has 86 heavy (non-hydrogen) atoms. The van der Waals surface area contributed by atoms with Crippen LogP contribution in [0.3, 0.4) is 0 Å². The van der Waals surface area contributed by atoms with Crippen molar-refractivity contribution in [2.75, 3.05) is 10.6 Å². The Kier molecular flexibility index (Phi) is 20.9. The Morgan fingerprint density at radius 1 is 0.628 bits per heavy atom. The maximum Gasteiger partial charge on any atom is 0.325 e. The molecule has 23 nitrogen and oxygen atoms in total. The van der Waals surface area contributed by atoms with Crippen LogP contribution in [0, 0.1) is 11.8 Å². The van der Waals surface area contributed by atoms with Gasteiger partial charge in [0.1, 0.15) is 51.4 Å². The van der Waals surface area contributed by atoms with Crippen LogP contribution in [-0.2, 0) is 54.6 Å². The fraction of sp³-hybridized carbons (Fsp3) is 0.368. The van der Waals surface area contributed by atoms with Crippen LogP contribution in [0.5, 0.6) is 0 Å². The molecule has 2 saturated heterocycles. The Morgan fingerprint density at radius 2 is 1.10 bits per heavy atom. The summed E-state index contributed by atoms with van der Waals surface area (Å²) in [6, 6.07) is 11.1. The number of fused-ring (bicyclic) bond motifs is 4. The van der Waals surface area contributed by atoms with Gasteiger partial charge in [-0.15, -0.1) is 12.4 Å². The first-order valence-electron chi connectivity index (χ1n) is 26.8. The van der Waals surface area contributed by atoms with Crippen LogP contribution in [0.4, 0.5) is 11.6 Å². The van der Waals surface area contributed by atoms with Gasteiger partial charge in [-0.25, -0.2) is 29.9 Å². The SMILES string of the molecule is C.CC(=O)c1nn(CC(=O)N2[C@@H]3C[C@@H]3C[C@H]2C(=O)Nc2cncc(Br)n2)c2ccc(-c3cnc(C4CC4)nc3)cc12.CC(=O)c1nn(CC(=O)O)c2ccc(-c3cnc(C4CC4)nc3)cc12.Cl.O=C(Nc1cncc(Br)n1)[C@@H]1C[C@H]2C[C@H]2N1.S.S=S. The van der Waals surface area contributed by atoms with Crippen LogP contribution in [0.1, 0.15) is 117 Å². The zero-order valence-electron chi connectivity index (χ0n) is 45.5. The average molecular weight is 1370 g/mol. The third-order valence-electron chi connectivity index (χ3n) is 15.2. The monoisotopic (exact) mass is 1370 g/mol. The number of carboxylic acid groups (broad SMARTS) is 1. The van der Waals surface area contributed by atoms with Gasteiger partial charge in [-0.3, -0.25) is 48.1 Å². The lowest BCUT2D eigenvalue weighted by molar-refractivity contribution is -0.138. The smallest absolute Gasteiger partial charge is 0.325 e. The van der Waals surface area contributed by atoms with E-state index in [0.29, 0.717) is 84.5 Å². The summed E-state index contributed by atoms with van der Waals surface area (Å²) < 4.78 is 4.03. The topological polar surface area (TPSA) is 301 Å². The number of aliphatic carboxylic acids is 1. The first kappa shape index (κ1) is 64.9. The molecule has 6 fully saturated rings. The number of anilines is 2. The Bertz CT molecular complexity index is 3870. The molecule has 4 aliphatic carbocycles. The molecule has 2 aliphatic heterocycles. The number of Topliss-reactive ketones (excluding diaryl/α,β-unsaturated/α-hetero) is 2. The summed E-state index contributed by atoms with van der Waals surface area (Å²) in [5.41, 5.74) is 5.31. The van der Waals surface area contributed by atoms with E-state index in [9.17, 15) is 28.8 Å². The van der Waals surface area contributed by atoms with E-state index in [2.05, 4.69) is 120 Å². The molecule has 6 atom stereocenters. The van der Waals surface area contributed by atoms with E-state index in [1.807, 2.05) is 42.7 Å². The maximum atomic E-state index is 13.6. The third kappa shape index (κ3) is 14.8. The van der Waals surface area contributed by atoms with E-state index in [1.165, 1.54) is 37.3 Å². The van der Waals surface area contributed by atoms with Crippen molar-refractivity contribution in [2.45, 2.75) is 122 Å². The van der Waals surface area contributed by atoms with Gasteiger partial charge in [0.15, 0.2) is 23.2 Å². The Labute approximate surface area is 533 Å². The van der Waals surface area contributed by atoms with E-state index in [0.717, 1.165) is 72.4 Å². The minimum atomic E-state index is -1.01. The van der Waals surface area contributed by atoms with Gasteiger partial charge in [0.25, 0.3) is 0 Å². The maximum absolute atomic E-state index is 13.6. The van der Waals surface area contributed by atoms with Gasteiger partial charge in [0, 0.05) is 107 Å². The Balaban J connectivity index is 0.000000179. The third-order valence-corrected chi connectivity index (χ3v) is 16.0. The van der Waals surface area contributed by atoms with Crippen LogP contribution >= 0.6 is 57.8 Å². The second-order valence-corrected chi connectivity index (χ2v) is 22.9. The quantitative estimate of drug-likeness (QED) is 0.0741. The van der Waals surface area contributed by atoms with Crippen molar-refractivity contribution in [1.29, 1.82) is 0 Å². The predicted octanol–water partition coefficient (Wildman–Crippen LogP) is 8.51. The number of piperidine rings is 2. The molecule has 6 aromatic heterocycles. The first-order valence-corrected chi connectivity index (χ1v) is 29.7. The lowest BCUT2D eigenvalue weighted by Gasteiger charge is -2.26. The summed E-state index contributed by atoms with van der Waals surface area (Å²) in [6.45, 7) is 2.52. The van der Waals surface area contributed by atoms with Crippen LogP contribution in [0.25, 0.3) is 44.1 Å². The summed E-state index contributed by atoms with van der Waals surface area (Å²) in [7, 11) is 0. The second kappa shape index (κ2) is 27.7. The number of nitrogens with zero attached hydrogens (tertiary/aromatic N) is 13. The summed E-state index contributed by atoms with van der Waals surface area (Å²) in [6.07, 6.45) is 21.5. The zero-order chi connectivity index (χ0) is 58.2. The second-order valence-electron chi connectivity index (χ2n) is 21.3. The molecule has 4 saturated carbocycles. The minimum absolute atomic E-state index is 0. The van der Waals surface area contributed by atoms with Gasteiger partial charge in [0.05, 0.1) is 41.9 Å². The van der Waals surface area contributed by atoms with Crippen molar-refractivity contribution in [1.82, 2.24) is 69.6 Å². The Hall–Kier alpha value is -7.08. The van der Waals surface area contributed by atoms with Crippen LogP contribution in [-0.4, -0.2) is 129 Å². The summed E-state index contributed by atoms with van der Waals surface area (Å²) >= 11 is 13.8. The highest BCUT2D eigenvalue weighted by atomic mass is 79.9. The van der Waals surface area contributed by atoms with Crippen molar-refractivity contribution in [3.8, 4) is 22.3 Å². The molecule has 3 amide bonds. The van der Waals surface area contributed by atoms with Gasteiger partial charge in [-0.2, -0.15) is 23.7 Å². The van der Waals surface area contributed by atoms with Crippen molar-refractivity contribution in [3.63, 3.8) is 0 Å². The molecule has 0 unspecified atom stereocenters. The van der Waals surface area contributed by atoms with E-state index in [-0.39, 0.29) is 93.5 Å². The number of carbonyl (C=O) groups excluding carboxylic acids is 5. The molecule has 14 rings (SSSR count). The molecule has 29 heteroatoms. The molecular weight excluding hydrogens is 1310 g/mol. The van der Waals surface area contributed by atoms with Crippen LogP contribution in [0.2, 0.25) is 0 Å². The fourth-order valence-corrected chi connectivity index (χ4v) is 11.3. The van der Waals surface area contributed by atoms with Crippen LogP contribution in [0.15, 0.2) is 95.2 Å². The molecule has 2 aromatic carbocycles. The number of aromatic nitrogens is 12. The average Bonchev–Trinajstić information content (AvgIpc) is 1.83. The zero-order valence-corrected chi connectivity index (χ0v) is 52.1. The number of benzene rings is 2. The van der Waals surface area contributed by atoms with Gasteiger partial charge in [-0.05, 0) is 130 Å². The van der Waals surface area contributed by atoms with E-state index in [1.54, 1.807) is 40.4 Å². The normalized spacial score (nSPS) is 19.8. The number of nitrogens with one attached hydrogen (secondary N) is 3. The number of rotatable bonds is 14. The van der Waals surface area contributed by atoms with E-state index >= 15 is 0 Å². The van der Waals surface area contributed by atoms with Crippen LogP contribution < -0.4 is 16.0 Å². The molecule has 0 spiro atoms. The molecule has 4 N–H and O–H groups in total. The summed E-state index contributed by atoms with van der Waals surface area (Å²) in [5, 5.41) is 27.9. The fourth-order valence-electron chi connectivity index (χ4n) is 10.7. The molecule has 8 aromatic rings. The number of hydrogen-bond acceptors (Lipinski definition) is 19. The number of hydrogen-bond donors (Lipinski definition) is 4. The molecule has 0 radical (unpaired) electrons. The van der Waals surface area contributed by atoms with Gasteiger partial charge in [0.2, 0.25) is 17.7 Å².